The van der Waals surface area contributed by atoms with Gasteiger partial charge in [-0.05, 0) is 34.1 Å². The fraction of sp³-hybridized carbons (Fsp3) is 0.312. The summed E-state index contributed by atoms with van der Waals surface area (Å²) in [6, 6.07) is 4.13. The molecule has 1 aromatic carbocycles. The van der Waals surface area contributed by atoms with Gasteiger partial charge in [0.25, 0.3) is 11.6 Å². The summed E-state index contributed by atoms with van der Waals surface area (Å²) in [7, 11) is 0. The maximum Gasteiger partial charge on any atom is 0.416 e. The number of hydrogen-bond donors (Lipinski definition) is 1. The Morgan fingerprint density at radius 1 is 1.19 bits per heavy atom. The molecule has 0 atom stereocenters. The van der Waals surface area contributed by atoms with Crippen LogP contribution in [0.4, 0.5) is 24.5 Å². The molecule has 1 aliphatic heterocycles. The molecule has 1 amide bonds. The average molecular weight is 447 g/mol. The van der Waals surface area contributed by atoms with Gasteiger partial charge in [0.15, 0.2) is 0 Å². The van der Waals surface area contributed by atoms with E-state index in [-0.39, 0.29) is 24.7 Å². The molecular weight excluding hydrogens is 433 g/mol. The Morgan fingerprint density at radius 3 is 2.37 bits per heavy atom. The largest absolute Gasteiger partial charge is 0.416 e. The highest BCUT2D eigenvalue weighted by Crippen LogP contribution is 2.36. The quantitative estimate of drug-likeness (QED) is 0.575. The maximum absolute atomic E-state index is 12.8. The molecule has 0 spiro atoms. The Hall–Kier alpha value is -2.56. The van der Waals surface area contributed by atoms with Crippen LogP contribution in [-0.2, 0) is 6.18 Å². The normalized spacial score (nSPS) is 15.1. The average Bonchev–Trinajstić information content (AvgIpc) is 3.06. The molecule has 1 fully saturated rings. The molecule has 1 aromatic heterocycles. The van der Waals surface area contributed by atoms with E-state index >= 15 is 0 Å². The summed E-state index contributed by atoms with van der Waals surface area (Å²) < 4.78 is 39.2. The summed E-state index contributed by atoms with van der Waals surface area (Å²) in [4.78, 5) is 28.9. The van der Waals surface area contributed by atoms with Gasteiger partial charge in [-0.25, -0.2) is 0 Å². The van der Waals surface area contributed by atoms with Crippen molar-refractivity contribution >= 4 is 33.2 Å². The van der Waals surface area contributed by atoms with Crippen molar-refractivity contribution in [3.8, 4) is 0 Å². The number of carbonyl (C=O) groups is 1. The second kappa shape index (κ2) is 7.22. The van der Waals surface area contributed by atoms with Gasteiger partial charge in [0.05, 0.1) is 10.5 Å². The van der Waals surface area contributed by atoms with E-state index < -0.39 is 22.4 Å². The highest BCUT2D eigenvalue weighted by atomic mass is 79.9. The van der Waals surface area contributed by atoms with E-state index in [1.807, 2.05) is 0 Å². The van der Waals surface area contributed by atoms with Crippen molar-refractivity contribution in [1.82, 2.24) is 9.88 Å². The molecule has 27 heavy (non-hydrogen) atoms. The zero-order chi connectivity index (χ0) is 19.8. The van der Waals surface area contributed by atoms with Gasteiger partial charge >= 0.3 is 6.18 Å². The molecule has 1 N–H and O–H groups in total. The number of piperazine rings is 1. The molecule has 2 heterocycles. The van der Waals surface area contributed by atoms with Crippen LogP contribution < -0.4 is 4.90 Å². The van der Waals surface area contributed by atoms with Crippen LogP contribution in [0.15, 0.2) is 34.9 Å². The number of nitro groups is 1. The van der Waals surface area contributed by atoms with Crippen LogP contribution >= 0.6 is 15.9 Å². The summed E-state index contributed by atoms with van der Waals surface area (Å²) in [5, 5.41) is 11.2. The van der Waals surface area contributed by atoms with Gasteiger partial charge in [-0.2, -0.15) is 13.2 Å². The van der Waals surface area contributed by atoms with Gasteiger partial charge in [0.1, 0.15) is 11.4 Å². The van der Waals surface area contributed by atoms with Crippen LogP contribution in [0.2, 0.25) is 0 Å². The molecule has 144 valence electrons. The summed E-state index contributed by atoms with van der Waals surface area (Å²) in [6.45, 7) is 1.15. The standard InChI is InChI=1S/C16H14BrF3N4O3/c17-11-8-12(21-9-11)15(25)23-5-3-22(4-6-23)13-2-1-10(16(18,19)20)7-14(13)24(26)27/h1-2,7-9,21H,3-6H2. The van der Waals surface area contributed by atoms with Crippen LogP contribution in [-0.4, -0.2) is 46.9 Å². The number of carbonyl (C=O) groups excluding carboxylic acids is 1. The van der Waals surface area contributed by atoms with Crippen molar-refractivity contribution in [2.75, 3.05) is 31.1 Å². The third-order valence-electron chi connectivity index (χ3n) is 4.29. The van der Waals surface area contributed by atoms with Crippen LogP contribution in [0, 0.1) is 10.1 Å². The molecule has 0 saturated carbocycles. The molecule has 0 unspecified atom stereocenters. The van der Waals surface area contributed by atoms with Crippen molar-refractivity contribution in [3.63, 3.8) is 0 Å². The molecule has 0 aliphatic carbocycles. The number of benzene rings is 1. The number of aromatic nitrogens is 1. The minimum atomic E-state index is -4.65. The smallest absolute Gasteiger partial charge is 0.362 e. The van der Waals surface area contributed by atoms with E-state index in [1.54, 1.807) is 22.1 Å². The van der Waals surface area contributed by atoms with Crippen molar-refractivity contribution in [2.24, 2.45) is 0 Å². The number of nitro benzene ring substituents is 1. The lowest BCUT2D eigenvalue weighted by atomic mass is 10.1. The fourth-order valence-corrected chi connectivity index (χ4v) is 3.27. The Labute approximate surface area is 160 Å². The number of H-pyrrole nitrogens is 1. The summed E-state index contributed by atoms with van der Waals surface area (Å²) in [6.07, 6.45) is -3.02. The Balaban J connectivity index is 1.76. The topological polar surface area (TPSA) is 82.5 Å². The van der Waals surface area contributed by atoms with Crippen LogP contribution in [0.25, 0.3) is 0 Å². The number of amides is 1. The third-order valence-corrected chi connectivity index (χ3v) is 4.74. The van der Waals surface area contributed by atoms with Gasteiger partial charge in [0.2, 0.25) is 0 Å². The molecule has 11 heteroatoms. The zero-order valence-electron chi connectivity index (χ0n) is 13.8. The maximum atomic E-state index is 12.8. The molecule has 1 aliphatic rings. The SMILES string of the molecule is O=C(c1cc(Br)c[nH]1)N1CCN(c2ccc(C(F)(F)F)cc2[N+](=O)[O-])CC1. The second-order valence-corrected chi connectivity index (χ2v) is 6.88. The number of nitrogens with one attached hydrogen (secondary N) is 1. The second-order valence-electron chi connectivity index (χ2n) is 5.97. The van der Waals surface area contributed by atoms with Gasteiger partial charge in [0, 0.05) is 42.9 Å². The van der Waals surface area contributed by atoms with E-state index in [1.165, 1.54) is 0 Å². The summed E-state index contributed by atoms with van der Waals surface area (Å²) >= 11 is 3.25. The minimum Gasteiger partial charge on any atom is -0.362 e. The predicted molar refractivity (Wildman–Crippen MR) is 94.7 cm³/mol. The third kappa shape index (κ3) is 4.07. The lowest BCUT2D eigenvalue weighted by Crippen LogP contribution is -2.49. The van der Waals surface area contributed by atoms with E-state index in [4.69, 9.17) is 0 Å². The van der Waals surface area contributed by atoms with Crippen molar-refractivity contribution < 1.29 is 22.9 Å². The number of rotatable bonds is 3. The molecule has 7 nitrogen and oxygen atoms in total. The summed E-state index contributed by atoms with van der Waals surface area (Å²) in [5.74, 6) is -0.206. The number of anilines is 1. The highest BCUT2D eigenvalue weighted by molar-refractivity contribution is 9.10. The number of hydrogen-bond acceptors (Lipinski definition) is 4. The first-order valence-electron chi connectivity index (χ1n) is 7.90. The molecular formula is C16H14BrF3N4O3. The van der Waals surface area contributed by atoms with Gasteiger partial charge < -0.3 is 14.8 Å². The number of alkyl halides is 3. The first kappa shape index (κ1) is 19.2. The molecule has 3 rings (SSSR count). The van der Waals surface area contributed by atoms with Crippen LogP contribution in [0.5, 0.6) is 0 Å². The number of aromatic amines is 1. The lowest BCUT2D eigenvalue weighted by Gasteiger charge is -2.35. The van der Waals surface area contributed by atoms with Crippen molar-refractivity contribution in [2.45, 2.75) is 6.18 Å². The molecule has 2 aromatic rings. The molecule has 0 bridgehead atoms. The van der Waals surface area contributed by atoms with Gasteiger partial charge in [-0.15, -0.1) is 0 Å². The Bertz CT molecular complexity index is 876. The zero-order valence-corrected chi connectivity index (χ0v) is 15.4. The van der Waals surface area contributed by atoms with Crippen LogP contribution in [0.1, 0.15) is 16.1 Å². The van der Waals surface area contributed by atoms with Crippen molar-refractivity contribution in [1.29, 1.82) is 0 Å². The first-order chi connectivity index (χ1) is 12.7. The molecule has 0 radical (unpaired) electrons. The van der Waals surface area contributed by atoms with Crippen LogP contribution in [0.3, 0.4) is 0 Å². The van der Waals surface area contributed by atoms with E-state index in [0.29, 0.717) is 24.8 Å². The van der Waals surface area contributed by atoms with Crippen molar-refractivity contribution in [3.05, 3.63) is 56.3 Å². The number of halogens is 4. The van der Waals surface area contributed by atoms with E-state index in [0.717, 1.165) is 16.6 Å². The first-order valence-corrected chi connectivity index (χ1v) is 8.70. The fourth-order valence-electron chi connectivity index (χ4n) is 2.93. The highest BCUT2D eigenvalue weighted by Gasteiger charge is 2.34. The van der Waals surface area contributed by atoms with E-state index in [2.05, 4.69) is 20.9 Å². The number of nitrogens with zero attached hydrogens (tertiary/aromatic N) is 3. The van der Waals surface area contributed by atoms with Gasteiger partial charge in [-0.1, -0.05) is 0 Å². The Morgan fingerprint density at radius 2 is 1.85 bits per heavy atom. The predicted octanol–water partition coefficient (Wildman–Crippen LogP) is 3.67. The Kier molecular flexibility index (Phi) is 5.13. The monoisotopic (exact) mass is 446 g/mol. The lowest BCUT2D eigenvalue weighted by molar-refractivity contribution is -0.384. The molecule has 1 saturated heterocycles. The van der Waals surface area contributed by atoms with Gasteiger partial charge in [-0.3, -0.25) is 14.9 Å². The minimum absolute atomic E-state index is 0.114. The summed E-state index contributed by atoms with van der Waals surface area (Å²) in [5.41, 5.74) is -1.14. The van der Waals surface area contributed by atoms with E-state index in [9.17, 15) is 28.1 Å².